The van der Waals surface area contributed by atoms with Crippen molar-refractivity contribution in [3.63, 3.8) is 0 Å². The molecule has 2 aliphatic rings. The van der Waals surface area contributed by atoms with Gasteiger partial charge in [-0.15, -0.1) is 5.10 Å². The summed E-state index contributed by atoms with van der Waals surface area (Å²) >= 11 is 6.37. The van der Waals surface area contributed by atoms with E-state index >= 15 is 0 Å². The van der Waals surface area contributed by atoms with Crippen molar-refractivity contribution in [1.29, 1.82) is 0 Å². The topological polar surface area (TPSA) is 115 Å². The minimum Gasteiger partial charge on any atom is -0.386 e. The highest BCUT2D eigenvalue weighted by Crippen LogP contribution is 2.38. The Kier molecular flexibility index (Phi) is 6.69. The maximum atomic E-state index is 11.7. The summed E-state index contributed by atoms with van der Waals surface area (Å²) in [6.45, 7) is 8.81. The van der Waals surface area contributed by atoms with Gasteiger partial charge in [0.05, 0.1) is 47.0 Å². The van der Waals surface area contributed by atoms with Crippen LogP contribution in [0.1, 0.15) is 46.5 Å². The predicted octanol–water partition coefficient (Wildman–Crippen LogP) is 4.93. The molecular formula is C27H32ClN7O3. The summed E-state index contributed by atoms with van der Waals surface area (Å²) in [7, 11) is 0. The summed E-state index contributed by atoms with van der Waals surface area (Å²) in [5, 5.41) is 6.86. The molecule has 5 heterocycles. The second kappa shape index (κ2) is 10.1. The van der Waals surface area contributed by atoms with E-state index in [1.54, 1.807) is 12.4 Å². The van der Waals surface area contributed by atoms with Gasteiger partial charge in [-0.3, -0.25) is 4.98 Å². The Morgan fingerprint density at radius 2 is 1.82 bits per heavy atom. The Labute approximate surface area is 225 Å². The third-order valence-corrected chi connectivity index (χ3v) is 8.02. The molecule has 1 N–H and O–H groups in total. The molecule has 0 unspecified atom stereocenters. The second-order valence-electron chi connectivity index (χ2n) is 10.8. The van der Waals surface area contributed by atoms with E-state index in [-0.39, 0.29) is 18.0 Å². The predicted molar refractivity (Wildman–Crippen MR) is 145 cm³/mol. The first-order valence-electron chi connectivity index (χ1n) is 13.3. The Bertz CT molecular complexity index is 1490. The zero-order valence-electron chi connectivity index (χ0n) is 21.9. The number of H-pyrrole nitrogens is 1. The first-order valence-corrected chi connectivity index (χ1v) is 13.7. The van der Waals surface area contributed by atoms with Crippen LogP contribution in [0, 0.1) is 11.8 Å². The van der Waals surface area contributed by atoms with Crippen molar-refractivity contribution in [3.8, 4) is 22.8 Å². The Morgan fingerprint density at radius 1 is 1.05 bits per heavy atom. The van der Waals surface area contributed by atoms with E-state index in [1.165, 1.54) is 25.7 Å². The number of hydrogen-bond donors (Lipinski definition) is 1. The number of aromatic amines is 1. The molecule has 11 heteroatoms. The molecule has 0 bridgehead atoms. The average Bonchev–Trinajstić information content (AvgIpc) is 3.48. The molecule has 1 aliphatic carbocycles. The molecule has 1 aliphatic heterocycles. The fourth-order valence-electron chi connectivity index (χ4n) is 5.87. The fraction of sp³-hybridized carbons (Fsp3) is 0.519. The van der Waals surface area contributed by atoms with Crippen LogP contribution >= 0.6 is 11.6 Å². The molecule has 1 saturated carbocycles. The number of nitrogens with zero attached hydrogens (tertiary/aromatic N) is 6. The van der Waals surface area contributed by atoms with E-state index in [0.717, 1.165) is 35.0 Å². The third kappa shape index (κ3) is 4.71. The van der Waals surface area contributed by atoms with E-state index in [2.05, 4.69) is 45.4 Å². The van der Waals surface area contributed by atoms with Crippen LogP contribution < -0.4 is 10.7 Å². The summed E-state index contributed by atoms with van der Waals surface area (Å²) < 4.78 is 13.4. The zero-order valence-corrected chi connectivity index (χ0v) is 22.6. The van der Waals surface area contributed by atoms with Crippen LogP contribution in [0.4, 0.5) is 5.95 Å². The molecule has 4 aromatic heterocycles. The number of morpholine rings is 1. The molecule has 0 radical (unpaired) electrons. The molecule has 4 aromatic rings. The number of ether oxygens (including phenoxy) is 1. The van der Waals surface area contributed by atoms with Crippen LogP contribution in [-0.4, -0.2) is 55.0 Å². The van der Waals surface area contributed by atoms with Gasteiger partial charge >= 0.3 is 5.76 Å². The van der Waals surface area contributed by atoms with Crippen molar-refractivity contribution in [2.75, 3.05) is 18.1 Å². The monoisotopic (exact) mass is 537 g/mol. The summed E-state index contributed by atoms with van der Waals surface area (Å²) in [5.41, 5.74) is 3.51. The van der Waals surface area contributed by atoms with Crippen molar-refractivity contribution < 1.29 is 9.15 Å². The molecule has 6 rings (SSSR count). The Morgan fingerprint density at radius 3 is 2.50 bits per heavy atom. The van der Waals surface area contributed by atoms with Gasteiger partial charge in [0, 0.05) is 24.5 Å². The van der Waals surface area contributed by atoms with Crippen LogP contribution in [-0.2, 0) is 11.3 Å². The van der Waals surface area contributed by atoms with Crippen LogP contribution in [0.25, 0.3) is 33.9 Å². The largest absolute Gasteiger partial charge is 0.434 e. The number of imidazole rings is 1. The van der Waals surface area contributed by atoms with Crippen LogP contribution in [0.5, 0.6) is 0 Å². The van der Waals surface area contributed by atoms with Gasteiger partial charge in [0.2, 0.25) is 5.95 Å². The molecule has 2 fully saturated rings. The van der Waals surface area contributed by atoms with Gasteiger partial charge in [-0.05, 0) is 50.7 Å². The van der Waals surface area contributed by atoms with Gasteiger partial charge in [-0.25, -0.2) is 19.9 Å². The van der Waals surface area contributed by atoms with E-state index in [0.29, 0.717) is 35.5 Å². The summed E-state index contributed by atoms with van der Waals surface area (Å²) in [4.78, 5) is 28.6. The van der Waals surface area contributed by atoms with Crippen molar-refractivity contribution in [1.82, 2.24) is 29.7 Å². The number of aromatic nitrogens is 6. The molecule has 10 nitrogen and oxygen atoms in total. The fourth-order valence-corrected chi connectivity index (χ4v) is 6.05. The van der Waals surface area contributed by atoms with Crippen LogP contribution in [0.15, 0.2) is 33.7 Å². The highest BCUT2D eigenvalue weighted by atomic mass is 35.5. The molecule has 0 spiro atoms. The lowest BCUT2D eigenvalue weighted by Gasteiger charge is -2.40. The maximum Gasteiger partial charge on any atom is 0.434 e. The first kappa shape index (κ1) is 25.1. The number of fused-ring (bicyclic) bond motifs is 1. The Balaban J connectivity index is 1.59. The Hall–Kier alpha value is -3.24. The lowest BCUT2D eigenvalue weighted by atomic mass is 9.83. The molecular weight excluding hydrogens is 506 g/mol. The SMILES string of the molecule is CC1CCC(Cn2c(N3[C@@H](C)COC[C@@H]3C)nc3cc(-c4n[nH]c(=O)o4)nc(-c4cncc(Cl)c4)c32)CC1. The molecule has 0 aromatic carbocycles. The zero-order chi connectivity index (χ0) is 26.4. The summed E-state index contributed by atoms with van der Waals surface area (Å²) in [6, 6.07) is 4.01. The number of pyridine rings is 2. The van der Waals surface area contributed by atoms with Crippen LogP contribution in [0.3, 0.4) is 0 Å². The normalized spacial score (nSPS) is 24.3. The van der Waals surface area contributed by atoms with Gasteiger partial charge in [0.15, 0.2) is 0 Å². The van der Waals surface area contributed by atoms with Gasteiger partial charge in [-0.1, -0.05) is 31.4 Å². The van der Waals surface area contributed by atoms with E-state index in [4.69, 9.17) is 30.7 Å². The highest BCUT2D eigenvalue weighted by Gasteiger charge is 2.32. The van der Waals surface area contributed by atoms with Crippen molar-refractivity contribution in [3.05, 3.63) is 40.1 Å². The third-order valence-electron chi connectivity index (χ3n) is 7.81. The smallest absolute Gasteiger partial charge is 0.386 e. The first-order chi connectivity index (χ1) is 18.4. The molecule has 0 amide bonds. The molecule has 1 saturated heterocycles. The maximum absolute atomic E-state index is 11.7. The summed E-state index contributed by atoms with van der Waals surface area (Å²) in [6.07, 6.45) is 8.20. The summed E-state index contributed by atoms with van der Waals surface area (Å²) in [5.74, 6) is 1.69. The van der Waals surface area contributed by atoms with E-state index < -0.39 is 5.76 Å². The number of rotatable bonds is 5. The molecule has 2 atom stereocenters. The van der Waals surface area contributed by atoms with Gasteiger partial charge < -0.3 is 18.6 Å². The minimum atomic E-state index is -0.637. The average molecular weight is 538 g/mol. The van der Waals surface area contributed by atoms with Gasteiger partial charge in [0.25, 0.3) is 5.89 Å². The molecule has 200 valence electrons. The lowest BCUT2D eigenvalue weighted by Crippen LogP contribution is -2.51. The minimum absolute atomic E-state index is 0.110. The number of halogens is 1. The quantitative estimate of drug-likeness (QED) is 0.381. The molecule has 38 heavy (non-hydrogen) atoms. The number of hydrogen-bond acceptors (Lipinski definition) is 8. The van der Waals surface area contributed by atoms with Gasteiger partial charge in [-0.2, -0.15) is 0 Å². The van der Waals surface area contributed by atoms with E-state index in [1.807, 2.05) is 12.1 Å². The standard InChI is InChI=1S/C27H32ClN7O3/c1-15-4-6-18(7-5-15)12-34-24-21(31-26(34)35-16(2)13-37-14-17(35)3)9-22(25-32-33-27(36)38-25)30-23(24)19-8-20(28)11-29-10-19/h8-11,15-18H,4-7,12-14H2,1-3H3,(H,33,36)/t15?,16-,17-,18?/m0/s1. The number of anilines is 1. The second-order valence-corrected chi connectivity index (χ2v) is 11.3. The van der Waals surface area contributed by atoms with Crippen molar-refractivity contribution in [2.45, 2.75) is 65.1 Å². The highest BCUT2D eigenvalue weighted by molar-refractivity contribution is 6.30. The van der Waals surface area contributed by atoms with Crippen LogP contribution in [0.2, 0.25) is 5.02 Å². The number of nitrogens with one attached hydrogen (secondary N) is 1. The van der Waals surface area contributed by atoms with Gasteiger partial charge in [0.1, 0.15) is 5.69 Å². The lowest BCUT2D eigenvalue weighted by molar-refractivity contribution is 0.0741. The van der Waals surface area contributed by atoms with E-state index in [9.17, 15) is 4.79 Å². The van der Waals surface area contributed by atoms with Crippen molar-refractivity contribution >= 4 is 28.6 Å². The van der Waals surface area contributed by atoms with Crippen molar-refractivity contribution in [2.24, 2.45) is 11.8 Å².